The SMILES string of the molecule is CON(C)C(=O)C1(C(O)(C(F)(F)F)C(F)(F)F)C=CC(c2ccccc2)=C(Br)C1. The zero-order valence-corrected chi connectivity index (χ0v) is 16.7. The van der Waals surface area contributed by atoms with E-state index in [0.29, 0.717) is 11.6 Å². The molecular weight excluding hydrogens is 472 g/mol. The molecule has 0 bridgehead atoms. The fourth-order valence-electron chi connectivity index (χ4n) is 3.17. The number of hydroxylamine groups is 2. The van der Waals surface area contributed by atoms with Gasteiger partial charge in [-0.15, -0.1) is 0 Å². The van der Waals surface area contributed by atoms with Gasteiger partial charge in [0.2, 0.25) is 0 Å². The van der Waals surface area contributed by atoms with Crippen LogP contribution in [0.25, 0.3) is 5.57 Å². The van der Waals surface area contributed by atoms with Crippen LogP contribution in [0, 0.1) is 5.41 Å². The summed E-state index contributed by atoms with van der Waals surface area (Å²) >= 11 is 3.00. The van der Waals surface area contributed by atoms with E-state index in [4.69, 9.17) is 0 Å². The number of alkyl halides is 6. The van der Waals surface area contributed by atoms with Crippen molar-refractivity contribution in [1.29, 1.82) is 0 Å². The van der Waals surface area contributed by atoms with Crippen LogP contribution in [0.1, 0.15) is 12.0 Å². The minimum absolute atomic E-state index is 0.115. The molecule has 11 heteroatoms. The van der Waals surface area contributed by atoms with Crippen molar-refractivity contribution in [3.8, 4) is 0 Å². The molecule has 0 fully saturated rings. The molecule has 1 unspecified atom stereocenters. The first-order valence-electron chi connectivity index (χ1n) is 8.04. The van der Waals surface area contributed by atoms with Crippen molar-refractivity contribution in [3.05, 3.63) is 52.5 Å². The zero-order valence-electron chi connectivity index (χ0n) is 15.1. The number of allylic oxidation sites excluding steroid dienone is 3. The fourth-order valence-corrected chi connectivity index (χ4v) is 3.97. The maximum atomic E-state index is 13.7. The molecule has 0 radical (unpaired) electrons. The van der Waals surface area contributed by atoms with Gasteiger partial charge in [-0.05, 0) is 11.1 Å². The molecule has 1 N–H and O–H groups in total. The summed E-state index contributed by atoms with van der Waals surface area (Å²) in [4.78, 5) is 17.3. The maximum Gasteiger partial charge on any atom is 0.427 e. The summed E-state index contributed by atoms with van der Waals surface area (Å²) in [6.07, 6.45) is -12.1. The average Bonchev–Trinajstić information content (AvgIpc) is 2.64. The average molecular weight is 488 g/mol. The first-order chi connectivity index (χ1) is 13.2. The lowest BCUT2D eigenvalue weighted by atomic mass is 9.65. The number of benzene rings is 1. The first-order valence-corrected chi connectivity index (χ1v) is 8.83. The lowest BCUT2D eigenvalue weighted by Crippen LogP contribution is -2.70. The summed E-state index contributed by atoms with van der Waals surface area (Å²) in [5, 5.41) is 10.3. The van der Waals surface area contributed by atoms with Crippen molar-refractivity contribution in [2.24, 2.45) is 5.41 Å². The molecular formula is C18H16BrF6NO3. The Balaban J connectivity index is 2.76. The van der Waals surface area contributed by atoms with Crippen molar-refractivity contribution in [2.75, 3.05) is 14.2 Å². The molecule has 0 heterocycles. The standard InChI is InChI=1S/C18H16BrF6NO3/c1-26(29-2)14(27)15(16(28,17(20,21)22)18(23,24)25)9-8-12(13(19)10-15)11-6-4-3-5-7-11/h3-9,28H,10H2,1-2H3. The number of halogens is 7. The lowest BCUT2D eigenvalue weighted by molar-refractivity contribution is -0.393. The first kappa shape index (κ1) is 23.4. The third kappa shape index (κ3) is 3.71. The van der Waals surface area contributed by atoms with E-state index in [2.05, 4.69) is 20.8 Å². The minimum atomic E-state index is -6.21. The van der Waals surface area contributed by atoms with E-state index in [9.17, 15) is 36.2 Å². The molecule has 0 saturated heterocycles. The van der Waals surface area contributed by atoms with Crippen molar-refractivity contribution in [3.63, 3.8) is 0 Å². The van der Waals surface area contributed by atoms with Crippen molar-refractivity contribution in [2.45, 2.75) is 24.4 Å². The van der Waals surface area contributed by atoms with E-state index in [1.807, 2.05) is 0 Å². The Hall–Kier alpha value is -1.85. The summed E-state index contributed by atoms with van der Waals surface area (Å²) in [5.74, 6) is -1.71. The second kappa shape index (κ2) is 7.77. The van der Waals surface area contributed by atoms with Gasteiger partial charge in [-0.1, -0.05) is 58.4 Å². The summed E-state index contributed by atoms with van der Waals surface area (Å²) in [5.41, 5.74) is -8.04. The second-order valence-electron chi connectivity index (χ2n) is 6.36. The molecule has 160 valence electrons. The number of nitrogens with zero attached hydrogens (tertiary/aromatic N) is 1. The van der Waals surface area contributed by atoms with Crippen LogP contribution in [-0.4, -0.2) is 48.2 Å². The number of carbonyl (C=O) groups is 1. The Morgan fingerprint density at radius 3 is 2.07 bits per heavy atom. The molecule has 4 nitrogen and oxygen atoms in total. The van der Waals surface area contributed by atoms with Gasteiger partial charge < -0.3 is 5.11 Å². The minimum Gasteiger partial charge on any atom is -0.373 e. The molecule has 0 aromatic heterocycles. The van der Waals surface area contributed by atoms with Crippen LogP contribution in [-0.2, 0) is 9.63 Å². The Morgan fingerprint density at radius 1 is 1.14 bits per heavy atom. The molecule has 0 spiro atoms. The van der Waals surface area contributed by atoms with Gasteiger partial charge in [0.25, 0.3) is 11.5 Å². The number of carbonyl (C=O) groups excluding carboxylic acids is 1. The highest BCUT2D eigenvalue weighted by atomic mass is 79.9. The number of aliphatic hydroxyl groups is 1. The van der Waals surface area contributed by atoms with Crippen LogP contribution < -0.4 is 0 Å². The van der Waals surface area contributed by atoms with Crippen LogP contribution in [0.15, 0.2) is 47.0 Å². The third-order valence-electron chi connectivity index (χ3n) is 4.75. The largest absolute Gasteiger partial charge is 0.427 e. The fraction of sp³-hybridized carbons (Fsp3) is 0.389. The highest BCUT2D eigenvalue weighted by Gasteiger charge is 2.81. The van der Waals surface area contributed by atoms with E-state index in [1.165, 1.54) is 0 Å². The van der Waals surface area contributed by atoms with Gasteiger partial charge in [0, 0.05) is 18.0 Å². The molecule has 1 aliphatic carbocycles. The van der Waals surface area contributed by atoms with Crippen LogP contribution in [0.2, 0.25) is 0 Å². The highest BCUT2D eigenvalue weighted by Crippen LogP contribution is 2.59. The molecule has 0 saturated carbocycles. The van der Waals surface area contributed by atoms with E-state index in [1.54, 1.807) is 30.3 Å². The molecule has 0 aliphatic heterocycles. The lowest BCUT2D eigenvalue weighted by Gasteiger charge is -2.47. The summed E-state index contributed by atoms with van der Waals surface area (Å²) in [6.45, 7) is 0. The van der Waals surface area contributed by atoms with Gasteiger partial charge >= 0.3 is 12.4 Å². The summed E-state index contributed by atoms with van der Waals surface area (Å²) in [7, 11) is 1.76. The quantitative estimate of drug-likeness (QED) is 0.498. The van der Waals surface area contributed by atoms with Gasteiger partial charge in [-0.25, -0.2) is 5.06 Å². The topological polar surface area (TPSA) is 49.8 Å². The van der Waals surface area contributed by atoms with E-state index >= 15 is 0 Å². The van der Waals surface area contributed by atoms with E-state index in [0.717, 1.165) is 20.2 Å². The van der Waals surface area contributed by atoms with Gasteiger partial charge in [0.1, 0.15) is 5.41 Å². The molecule has 1 aromatic carbocycles. The Morgan fingerprint density at radius 2 is 1.66 bits per heavy atom. The normalized spacial score (nSPS) is 20.8. The van der Waals surface area contributed by atoms with Crippen LogP contribution in [0.5, 0.6) is 0 Å². The predicted molar refractivity (Wildman–Crippen MR) is 95.3 cm³/mol. The molecule has 1 atom stereocenters. The van der Waals surface area contributed by atoms with Gasteiger partial charge in [0.05, 0.1) is 7.11 Å². The molecule has 29 heavy (non-hydrogen) atoms. The van der Waals surface area contributed by atoms with E-state index in [-0.39, 0.29) is 15.1 Å². The monoisotopic (exact) mass is 487 g/mol. The third-order valence-corrected chi connectivity index (χ3v) is 5.46. The van der Waals surface area contributed by atoms with Gasteiger partial charge in [-0.2, -0.15) is 26.3 Å². The number of rotatable bonds is 4. The van der Waals surface area contributed by atoms with Crippen LogP contribution in [0.4, 0.5) is 26.3 Å². The maximum absolute atomic E-state index is 13.7. The Bertz CT molecular complexity index is 820. The molecule has 1 amide bonds. The molecule has 1 aromatic rings. The molecule has 1 aliphatic rings. The smallest absolute Gasteiger partial charge is 0.373 e. The Labute approximate surface area is 170 Å². The zero-order chi connectivity index (χ0) is 22.3. The summed E-state index contributed by atoms with van der Waals surface area (Å²) in [6, 6.07) is 8.12. The van der Waals surface area contributed by atoms with Crippen molar-refractivity contribution < 1.29 is 41.1 Å². The van der Waals surface area contributed by atoms with Gasteiger partial charge in [-0.3, -0.25) is 9.63 Å². The van der Waals surface area contributed by atoms with Crippen LogP contribution >= 0.6 is 15.9 Å². The Kier molecular flexibility index (Phi) is 6.27. The van der Waals surface area contributed by atoms with Crippen molar-refractivity contribution in [1.82, 2.24) is 5.06 Å². The number of hydrogen-bond donors (Lipinski definition) is 1. The van der Waals surface area contributed by atoms with Gasteiger partial charge in [0.15, 0.2) is 0 Å². The summed E-state index contributed by atoms with van der Waals surface area (Å²) < 4.78 is 81.8. The number of hydrogen-bond acceptors (Lipinski definition) is 3. The predicted octanol–water partition coefficient (Wildman–Crippen LogP) is 4.61. The molecule has 2 rings (SSSR count). The highest BCUT2D eigenvalue weighted by molar-refractivity contribution is 9.11. The van der Waals surface area contributed by atoms with Crippen LogP contribution in [0.3, 0.4) is 0 Å². The second-order valence-corrected chi connectivity index (χ2v) is 7.31. The van der Waals surface area contributed by atoms with E-state index < -0.39 is 35.7 Å². The van der Waals surface area contributed by atoms with Crippen molar-refractivity contribution >= 4 is 27.4 Å². The number of amides is 1.